The molecule has 0 bridgehead atoms. The van der Waals surface area contributed by atoms with Gasteiger partial charge in [0.25, 0.3) is 0 Å². The van der Waals surface area contributed by atoms with Crippen molar-refractivity contribution in [1.29, 1.82) is 0 Å². The second-order valence-electron chi connectivity index (χ2n) is 5.79. The van der Waals surface area contributed by atoms with E-state index in [0.29, 0.717) is 34.4 Å². The lowest BCUT2D eigenvalue weighted by atomic mass is 10.1. The van der Waals surface area contributed by atoms with Crippen molar-refractivity contribution < 1.29 is 27.8 Å². The largest absolute Gasteiger partial charge is 0.463 e. The van der Waals surface area contributed by atoms with Gasteiger partial charge >= 0.3 is 11.9 Å². The fourth-order valence-corrected chi connectivity index (χ4v) is 2.53. The number of ether oxygens (including phenoxy) is 2. The van der Waals surface area contributed by atoms with E-state index in [0.717, 1.165) is 0 Å². The summed E-state index contributed by atoms with van der Waals surface area (Å²) in [7, 11) is 0. The van der Waals surface area contributed by atoms with Crippen LogP contribution in [-0.4, -0.2) is 25.2 Å². The monoisotopic (exact) mass is 480 g/mol. The van der Waals surface area contributed by atoms with E-state index in [2.05, 4.69) is 25.4 Å². The number of hydrogen-bond acceptors (Lipinski definition) is 4. The van der Waals surface area contributed by atoms with Crippen molar-refractivity contribution in [3.05, 3.63) is 81.3 Å². The van der Waals surface area contributed by atoms with Crippen molar-refractivity contribution in [1.82, 2.24) is 0 Å². The van der Waals surface area contributed by atoms with E-state index in [9.17, 15) is 18.4 Å². The van der Waals surface area contributed by atoms with Gasteiger partial charge in [-0.3, -0.25) is 0 Å². The maximum Gasteiger partial charge on any atom is 0.330 e. The number of carbonyl (C=O) groups is 2. The predicted octanol–water partition coefficient (Wildman–Crippen LogP) is 5.87. The van der Waals surface area contributed by atoms with E-state index in [1.165, 1.54) is 24.3 Å². The molecule has 0 spiro atoms. The first-order valence-electron chi connectivity index (χ1n) is 9.18. The van der Waals surface area contributed by atoms with Crippen LogP contribution in [0.5, 0.6) is 0 Å². The summed E-state index contributed by atoms with van der Waals surface area (Å²) in [4.78, 5) is 22.0. The van der Waals surface area contributed by atoms with Crippen molar-refractivity contribution in [2.45, 2.75) is 20.8 Å². The summed E-state index contributed by atoms with van der Waals surface area (Å²) in [6.07, 6.45) is 5.23. The van der Waals surface area contributed by atoms with Gasteiger partial charge in [0.1, 0.15) is 11.6 Å². The molecule has 7 heteroatoms. The first-order chi connectivity index (χ1) is 14.3. The zero-order valence-electron chi connectivity index (χ0n) is 17.0. The molecule has 0 fully saturated rings. The third-order valence-corrected chi connectivity index (χ3v) is 4.19. The lowest BCUT2D eigenvalue weighted by Gasteiger charge is -2.00. The molecule has 30 heavy (non-hydrogen) atoms. The number of carbonyl (C=O) groups excluding carboxylic acids is 2. The Morgan fingerprint density at radius 2 is 1.33 bits per heavy atom. The Hall–Kier alpha value is -2.80. The highest BCUT2D eigenvalue weighted by atomic mass is 79.9. The molecule has 2 rings (SSSR count). The summed E-state index contributed by atoms with van der Waals surface area (Å²) < 4.78 is 36.6. The molecule has 0 aliphatic rings. The summed E-state index contributed by atoms with van der Waals surface area (Å²) in [6, 6.07) is 9.89. The van der Waals surface area contributed by atoms with Gasteiger partial charge in [-0.1, -0.05) is 30.3 Å². The van der Waals surface area contributed by atoms with Crippen LogP contribution in [0.1, 0.15) is 30.5 Å². The van der Waals surface area contributed by atoms with Crippen LogP contribution in [0, 0.1) is 18.6 Å². The number of hydrogen-bond donors (Lipinski definition) is 0. The number of esters is 2. The highest BCUT2D eigenvalue weighted by Gasteiger charge is 2.03. The normalized spacial score (nSPS) is 10.6. The molecule has 2 aromatic carbocycles. The lowest BCUT2D eigenvalue weighted by Crippen LogP contribution is -1.99. The van der Waals surface area contributed by atoms with Gasteiger partial charge in [-0.05, 0) is 60.5 Å². The first-order valence-corrected chi connectivity index (χ1v) is 9.98. The summed E-state index contributed by atoms with van der Waals surface area (Å²) in [5, 5.41) is 0. The van der Waals surface area contributed by atoms with Crippen LogP contribution in [0.15, 0.2) is 53.0 Å². The molecule has 0 aliphatic heterocycles. The fraction of sp³-hybridized carbons (Fsp3) is 0.217. The second-order valence-corrected chi connectivity index (χ2v) is 6.65. The molecule has 2 aromatic rings. The van der Waals surface area contributed by atoms with Gasteiger partial charge in [-0.15, -0.1) is 0 Å². The van der Waals surface area contributed by atoms with Gasteiger partial charge in [0.15, 0.2) is 0 Å². The molecule has 0 amide bonds. The van der Waals surface area contributed by atoms with Gasteiger partial charge in [0, 0.05) is 23.3 Å². The maximum absolute atomic E-state index is 13.4. The van der Waals surface area contributed by atoms with Gasteiger partial charge in [-0.2, -0.15) is 0 Å². The highest BCUT2D eigenvalue weighted by molar-refractivity contribution is 9.10. The second kappa shape index (κ2) is 13.4. The third-order valence-electron chi connectivity index (χ3n) is 3.57. The maximum atomic E-state index is 13.4. The van der Waals surface area contributed by atoms with E-state index in [4.69, 9.17) is 0 Å². The number of benzene rings is 2. The number of rotatable bonds is 6. The van der Waals surface area contributed by atoms with Crippen LogP contribution in [0.4, 0.5) is 8.78 Å². The SMILES string of the molecule is CCOC(=O)/C=C/c1cccc(Br)c1F.CCOC(=O)/C=C/c1cccc(C)c1F. The average Bonchev–Trinajstić information content (AvgIpc) is 2.71. The zero-order chi connectivity index (χ0) is 22.5. The molecule has 0 saturated carbocycles. The first kappa shape index (κ1) is 25.2. The van der Waals surface area contributed by atoms with Crippen LogP contribution in [0.3, 0.4) is 0 Å². The Kier molecular flexibility index (Phi) is 11.3. The third kappa shape index (κ3) is 8.69. The van der Waals surface area contributed by atoms with Gasteiger partial charge in [0.2, 0.25) is 0 Å². The number of aryl methyl sites for hydroxylation is 1. The minimum atomic E-state index is -0.475. The smallest absolute Gasteiger partial charge is 0.330 e. The molecular weight excluding hydrogens is 458 g/mol. The Labute approximate surface area is 183 Å². The molecular formula is C23H23BrF2O4. The van der Waals surface area contributed by atoms with E-state index < -0.39 is 17.8 Å². The number of halogens is 3. The zero-order valence-corrected chi connectivity index (χ0v) is 18.5. The van der Waals surface area contributed by atoms with Crippen LogP contribution in [0.2, 0.25) is 0 Å². The van der Waals surface area contributed by atoms with Gasteiger partial charge in [-0.25, -0.2) is 18.4 Å². The standard InChI is InChI=1S/C12H13FO2.C11H10BrFO2/c1-3-15-11(14)8-7-10-6-4-5-9(2)12(10)13;1-2-15-10(14)7-6-8-4-3-5-9(12)11(8)13/h4-8H,3H2,1-2H3;3-7H,2H2,1H3/b8-7+;7-6+. The average molecular weight is 481 g/mol. The van der Waals surface area contributed by atoms with Crippen molar-refractivity contribution in [2.24, 2.45) is 0 Å². The molecule has 0 unspecified atom stereocenters. The Morgan fingerprint density at radius 1 is 0.867 bits per heavy atom. The molecule has 0 heterocycles. The topological polar surface area (TPSA) is 52.6 Å². The molecule has 160 valence electrons. The molecule has 0 aromatic heterocycles. The highest BCUT2D eigenvalue weighted by Crippen LogP contribution is 2.19. The molecule has 4 nitrogen and oxygen atoms in total. The summed E-state index contributed by atoms with van der Waals surface area (Å²) in [6.45, 7) is 5.74. The summed E-state index contributed by atoms with van der Waals surface area (Å²) >= 11 is 3.06. The van der Waals surface area contributed by atoms with Crippen molar-refractivity contribution in [3.8, 4) is 0 Å². The molecule has 0 saturated heterocycles. The van der Waals surface area contributed by atoms with Crippen molar-refractivity contribution >= 4 is 40.0 Å². The van der Waals surface area contributed by atoms with E-state index in [1.54, 1.807) is 57.2 Å². The van der Waals surface area contributed by atoms with Crippen molar-refractivity contribution in [2.75, 3.05) is 13.2 Å². The van der Waals surface area contributed by atoms with E-state index in [-0.39, 0.29) is 5.82 Å². The van der Waals surface area contributed by atoms with E-state index in [1.807, 2.05) is 0 Å². The van der Waals surface area contributed by atoms with Crippen LogP contribution in [-0.2, 0) is 19.1 Å². The Bertz CT molecular complexity index is 848. The Balaban J connectivity index is 0.000000300. The summed E-state index contributed by atoms with van der Waals surface area (Å²) in [5.41, 5.74) is 1.29. The van der Waals surface area contributed by atoms with Crippen LogP contribution < -0.4 is 0 Å². The van der Waals surface area contributed by atoms with Crippen LogP contribution >= 0.6 is 15.9 Å². The summed E-state index contributed by atoms with van der Waals surface area (Å²) in [5.74, 6) is -1.63. The van der Waals surface area contributed by atoms with Gasteiger partial charge in [0.05, 0.1) is 17.7 Å². The quantitative estimate of drug-likeness (QED) is 0.382. The van der Waals surface area contributed by atoms with Crippen LogP contribution in [0.25, 0.3) is 12.2 Å². The molecule has 0 radical (unpaired) electrons. The molecule has 0 aliphatic carbocycles. The van der Waals surface area contributed by atoms with Crippen molar-refractivity contribution in [3.63, 3.8) is 0 Å². The van der Waals surface area contributed by atoms with Gasteiger partial charge < -0.3 is 9.47 Å². The minimum Gasteiger partial charge on any atom is -0.463 e. The molecule has 0 N–H and O–H groups in total. The molecule has 0 atom stereocenters. The minimum absolute atomic E-state index is 0.307. The van der Waals surface area contributed by atoms with E-state index >= 15 is 0 Å². The predicted molar refractivity (Wildman–Crippen MR) is 117 cm³/mol. The Morgan fingerprint density at radius 3 is 1.83 bits per heavy atom. The fourth-order valence-electron chi connectivity index (χ4n) is 2.14. The lowest BCUT2D eigenvalue weighted by molar-refractivity contribution is -0.138.